The van der Waals surface area contributed by atoms with Crippen LogP contribution in [0, 0.1) is 0 Å². The van der Waals surface area contributed by atoms with E-state index in [2.05, 4.69) is 5.32 Å². The molecule has 2 rings (SSSR count). The lowest BCUT2D eigenvalue weighted by Crippen LogP contribution is -2.25. The van der Waals surface area contributed by atoms with Gasteiger partial charge < -0.3 is 5.32 Å². The van der Waals surface area contributed by atoms with E-state index in [0.717, 1.165) is 12.0 Å². The molecule has 5 nitrogen and oxygen atoms in total. The first-order valence-corrected chi connectivity index (χ1v) is 9.33. The first-order valence-electron chi connectivity index (χ1n) is 6.84. The van der Waals surface area contributed by atoms with Gasteiger partial charge in [0.05, 0.1) is 4.90 Å². The number of carbonyl (C=O) groups is 1. The molecule has 0 unspecified atom stereocenters. The van der Waals surface area contributed by atoms with Gasteiger partial charge in [-0.05, 0) is 52.9 Å². The number of nitrogens with two attached hydrogens (primary N) is 1. The number of primary sulfonamides is 1. The zero-order valence-corrected chi connectivity index (χ0v) is 13.6. The zero-order chi connectivity index (χ0) is 16.0. The Labute approximate surface area is 134 Å². The molecular formula is C15H18N2O3S2. The van der Waals surface area contributed by atoms with E-state index in [-0.39, 0.29) is 10.8 Å². The van der Waals surface area contributed by atoms with Gasteiger partial charge in [-0.2, -0.15) is 11.3 Å². The van der Waals surface area contributed by atoms with Crippen LogP contribution in [0.25, 0.3) is 0 Å². The van der Waals surface area contributed by atoms with Crippen molar-refractivity contribution in [2.24, 2.45) is 5.14 Å². The summed E-state index contributed by atoms with van der Waals surface area (Å²) >= 11 is 1.63. The summed E-state index contributed by atoms with van der Waals surface area (Å²) in [5.74, 6) is 0.0207. The summed E-state index contributed by atoms with van der Waals surface area (Å²) in [6, 6.07) is 8.38. The van der Waals surface area contributed by atoms with E-state index in [9.17, 15) is 13.2 Å². The summed E-state index contributed by atoms with van der Waals surface area (Å²) in [6.45, 7) is 0.525. The predicted molar refractivity (Wildman–Crippen MR) is 87.2 cm³/mol. The van der Waals surface area contributed by atoms with E-state index < -0.39 is 10.0 Å². The van der Waals surface area contributed by atoms with Crippen molar-refractivity contribution in [3.8, 4) is 0 Å². The number of thiophene rings is 1. The van der Waals surface area contributed by atoms with Crippen LogP contribution in [-0.4, -0.2) is 20.9 Å². The molecule has 0 aliphatic carbocycles. The Hall–Kier alpha value is -1.70. The average Bonchev–Trinajstić information content (AvgIpc) is 2.98. The molecule has 118 valence electrons. The highest BCUT2D eigenvalue weighted by atomic mass is 32.2. The maximum Gasteiger partial charge on any atom is 0.238 e. The number of nitrogens with one attached hydrogen (secondary N) is 1. The summed E-state index contributed by atoms with van der Waals surface area (Å²) in [5.41, 5.74) is 2.13. The molecule has 1 aromatic heterocycles. The highest BCUT2D eigenvalue weighted by Gasteiger charge is 2.07. The third-order valence-corrected chi connectivity index (χ3v) is 4.87. The molecule has 0 saturated heterocycles. The van der Waals surface area contributed by atoms with Crippen LogP contribution in [0.1, 0.15) is 17.5 Å². The van der Waals surface area contributed by atoms with E-state index in [0.29, 0.717) is 19.4 Å². The van der Waals surface area contributed by atoms with Gasteiger partial charge in [0.1, 0.15) is 0 Å². The SMILES string of the molecule is NS(=O)(=O)c1ccc(CCNC(=O)CCc2ccsc2)cc1. The molecule has 0 aliphatic heterocycles. The number of hydrogen-bond acceptors (Lipinski definition) is 4. The summed E-state index contributed by atoms with van der Waals surface area (Å²) in [6.07, 6.45) is 1.87. The van der Waals surface area contributed by atoms with E-state index in [1.54, 1.807) is 23.5 Å². The van der Waals surface area contributed by atoms with Crippen molar-refractivity contribution < 1.29 is 13.2 Å². The number of aryl methyl sites for hydroxylation is 1. The summed E-state index contributed by atoms with van der Waals surface area (Å²) < 4.78 is 22.3. The van der Waals surface area contributed by atoms with Crippen LogP contribution in [0.2, 0.25) is 0 Å². The number of benzene rings is 1. The van der Waals surface area contributed by atoms with Gasteiger partial charge in [-0.25, -0.2) is 13.6 Å². The Bertz CT molecular complexity index is 708. The van der Waals surface area contributed by atoms with Crippen molar-refractivity contribution in [3.05, 3.63) is 52.2 Å². The number of amides is 1. The Kier molecular flexibility index (Phi) is 5.70. The van der Waals surface area contributed by atoms with E-state index in [4.69, 9.17) is 5.14 Å². The van der Waals surface area contributed by atoms with Crippen LogP contribution in [0.4, 0.5) is 0 Å². The van der Waals surface area contributed by atoms with E-state index in [1.165, 1.54) is 17.7 Å². The molecule has 7 heteroatoms. The second-order valence-electron chi connectivity index (χ2n) is 4.92. The summed E-state index contributed by atoms with van der Waals surface area (Å²) in [7, 11) is -3.65. The largest absolute Gasteiger partial charge is 0.356 e. The molecule has 0 saturated carbocycles. The average molecular weight is 338 g/mol. The summed E-state index contributed by atoms with van der Waals surface area (Å²) in [4.78, 5) is 11.8. The van der Waals surface area contributed by atoms with Gasteiger partial charge in [0.15, 0.2) is 0 Å². The third-order valence-electron chi connectivity index (χ3n) is 3.21. The van der Waals surface area contributed by atoms with Crippen molar-refractivity contribution in [2.75, 3.05) is 6.54 Å². The minimum atomic E-state index is -3.65. The van der Waals surface area contributed by atoms with Crippen LogP contribution in [-0.2, 0) is 27.7 Å². The van der Waals surface area contributed by atoms with Gasteiger partial charge in [-0.3, -0.25) is 4.79 Å². The predicted octanol–water partition coefficient (Wildman–Crippen LogP) is 1.69. The minimum Gasteiger partial charge on any atom is -0.356 e. The van der Waals surface area contributed by atoms with Crippen LogP contribution >= 0.6 is 11.3 Å². The smallest absolute Gasteiger partial charge is 0.238 e. The first-order chi connectivity index (χ1) is 10.4. The standard InChI is InChI=1S/C15H18N2O3S2/c16-22(19,20)14-4-1-12(2-5-14)7-9-17-15(18)6-3-13-8-10-21-11-13/h1-2,4-5,8,10-11H,3,6-7,9H2,(H,17,18)(H2,16,19,20). The molecule has 3 N–H and O–H groups in total. The van der Waals surface area contributed by atoms with Gasteiger partial charge in [0.2, 0.25) is 15.9 Å². The number of carbonyl (C=O) groups excluding carboxylic acids is 1. The lowest BCUT2D eigenvalue weighted by molar-refractivity contribution is -0.121. The molecule has 2 aromatic rings. The molecule has 0 atom stereocenters. The van der Waals surface area contributed by atoms with Gasteiger partial charge in [0, 0.05) is 13.0 Å². The first kappa shape index (κ1) is 16.7. The highest BCUT2D eigenvalue weighted by Crippen LogP contribution is 2.09. The van der Waals surface area contributed by atoms with E-state index >= 15 is 0 Å². The molecule has 0 aliphatic rings. The monoisotopic (exact) mass is 338 g/mol. The Morgan fingerprint density at radius 1 is 1.09 bits per heavy atom. The van der Waals surface area contributed by atoms with Crippen LogP contribution in [0.3, 0.4) is 0 Å². The van der Waals surface area contributed by atoms with Gasteiger partial charge in [-0.1, -0.05) is 12.1 Å². The molecule has 0 fully saturated rings. The normalized spacial score (nSPS) is 11.3. The fourth-order valence-electron chi connectivity index (χ4n) is 1.97. The topological polar surface area (TPSA) is 89.3 Å². The van der Waals surface area contributed by atoms with Crippen molar-refractivity contribution in [1.29, 1.82) is 0 Å². The third kappa shape index (κ3) is 5.25. The maximum absolute atomic E-state index is 11.7. The van der Waals surface area contributed by atoms with Crippen molar-refractivity contribution >= 4 is 27.3 Å². The fourth-order valence-corrected chi connectivity index (χ4v) is 3.19. The molecule has 1 heterocycles. The van der Waals surface area contributed by atoms with Crippen molar-refractivity contribution in [3.63, 3.8) is 0 Å². The molecule has 1 amide bonds. The lowest BCUT2D eigenvalue weighted by Gasteiger charge is -2.06. The second-order valence-corrected chi connectivity index (χ2v) is 7.26. The lowest BCUT2D eigenvalue weighted by atomic mass is 10.1. The fraction of sp³-hybridized carbons (Fsp3) is 0.267. The van der Waals surface area contributed by atoms with Crippen LogP contribution in [0.5, 0.6) is 0 Å². The zero-order valence-electron chi connectivity index (χ0n) is 12.0. The van der Waals surface area contributed by atoms with Crippen molar-refractivity contribution in [2.45, 2.75) is 24.2 Å². The molecule has 0 radical (unpaired) electrons. The second kappa shape index (κ2) is 7.53. The van der Waals surface area contributed by atoms with Crippen molar-refractivity contribution in [1.82, 2.24) is 5.32 Å². The molecule has 0 spiro atoms. The summed E-state index contributed by atoms with van der Waals surface area (Å²) in [5, 5.41) is 11.9. The van der Waals surface area contributed by atoms with Gasteiger partial charge >= 0.3 is 0 Å². The highest BCUT2D eigenvalue weighted by molar-refractivity contribution is 7.89. The Morgan fingerprint density at radius 3 is 2.41 bits per heavy atom. The molecule has 0 bridgehead atoms. The maximum atomic E-state index is 11.7. The Balaban J connectivity index is 1.73. The van der Waals surface area contributed by atoms with Gasteiger partial charge in [-0.15, -0.1) is 0 Å². The number of sulfonamides is 1. The molecule has 22 heavy (non-hydrogen) atoms. The van der Waals surface area contributed by atoms with E-state index in [1.807, 2.05) is 16.8 Å². The minimum absolute atomic E-state index is 0.0207. The molecule has 1 aromatic carbocycles. The quantitative estimate of drug-likeness (QED) is 0.805. The Morgan fingerprint density at radius 2 is 1.82 bits per heavy atom. The van der Waals surface area contributed by atoms with Crippen LogP contribution in [0.15, 0.2) is 46.0 Å². The van der Waals surface area contributed by atoms with Gasteiger partial charge in [0.25, 0.3) is 0 Å². The number of hydrogen-bond donors (Lipinski definition) is 2. The number of rotatable bonds is 7. The van der Waals surface area contributed by atoms with Crippen LogP contribution < -0.4 is 10.5 Å². The molecular weight excluding hydrogens is 320 g/mol.